The molecule has 4 atom stereocenters. The summed E-state index contributed by atoms with van der Waals surface area (Å²) in [4.78, 5) is 14.3. The summed E-state index contributed by atoms with van der Waals surface area (Å²) in [5.74, 6) is -0.0345. The molecule has 2 N–H and O–H groups in total. The number of halogens is 1. The van der Waals surface area contributed by atoms with Gasteiger partial charge in [-0.25, -0.2) is 13.9 Å². The van der Waals surface area contributed by atoms with Crippen LogP contribution >= 0.6 is 0 Å². The molecule has 0 spiro atoms. The van der Waals surface area contributed by atoms with E-state index >= 15 is 0 Å². The van der Waals surface area contributed by atoms with Gasteiger partial charge >= 0.3 is 0 Å². The van der Waals surface area contributed by atoms with Gasteiger partial charge in [0.2, 0.25) is 0 Å². The molecule has 8 heteroatoms. The second-order valence-electron chi connectivity index (χ2n) is 5.37. The van der Waals surface area contributed by atoms with E-state index in [1.807, 2.05) is 13.0 Å². The zero-order valence-electron chi connectivity index (χ0n) is 11.7. The van der Waals surface area contributed by atoms with Gasteiger partial charge in [0.25, 0.3) is 0 Å². The molecule has 1 fully saturated rings. The summed E-state index contributed by atoms with van der Waals surface area (Å²) in [6.07, 6.45) is -1.20. The maximum absolute atomic E-state index is 14.2. The lowest BCUT2D eigenvalue weighted by atomic mass is 9.97. The van der Waals surface area contributed by atoms with Crippen LogP contribution < -0.4 is 5.73 Å². The molecular formula is C13H16FN5O2. The van der Waals surface area contributed by atoms with E-state index in [0.29, 0.717) is 17.0 Å². The van der Waals surface area contributed by atoms with E-state index in [1.165, 1.54) is 6.33 Å². The molecule has 0 amide bonds. The molecule has 0 unspecified atom stereocenters. The van der Waals surface area contributed by atoms with Crippen molar-refractivity contribution in [1.82, 2.24) is 14.6 Å². The first-order valence-corrected chi connectivity index (χ1v) is 6.72. The van der Waals surface area contributed by atoms with Crippen LogP contribution in [0.5, 0.6) is 0 Å². The third-order valence-electron chi connectivity index (χ3n) is 4.00. The molecule has 0 bridgehead atoms. The molecule has 0 saturated carbocycles. The maximum atomic E-state index is 14.2. The van der Waals surface area contributed by atoms with Gasteiger partial charge in [-0.1, -0.05) is 12.1 Å². The van der Waals surface area contributed by atoms with E-state index in [4.69, 9.17) is 10.5 Å². The molecule has 0 radical (unpaired) electrons. The summed E-state index contributed by atoms with van der Waals surface area (Å²) >= 11 is 0. The van der Waals surface area contributed by atoms with Crippen LogP contribution in [0.15, 0.2) is 17.6 Å². The number of aryl methyl sites for hydroxylation is 1. The van der Waals surface area contributed by atoms with Crippen LogP contribution in [0.25, 0.3) is 5.52 Å². The molecule has 7 nitrogen and oxygen atoms in total. The van der Waals surface area contributed by atoms with E-state index in [9.17, 15) is 9.30 Å². The van der Waals surface area contributed by atoms with Gasteiger partial charge in [-0.05, 0) is 18.6 Å². The average Bonchev–Trinajstić information content (AvgIpc) is 2.93. The Morgan fingerprint density at radius 1 is 1.57 bits per heavy atom. The summed E-state index contributed by atoms with van der Waals surface area (Å²) in [6.45, 7) is 3.44. The summed E-state index contributed by atoms with van der Waals surface area (Å²) in [6, 6.07) is 1.87. The average molecular weight is 293 g/mol. The van der Waals surface area contributed by atoms with Gasteiger partial charge in [-0.2, -0.15) is 10.0 Å². The highest BCUT2D eigenvalue weighted by atomic mass is 19.1. The Morgan fingerprint density at radius 3 is 3.05 bits per heavy atom. The Balaban J connectivity index is 2.05. The Bertz CT molecular complexity index is 688. The quantitative estimate of drug-likeness (QED) is 0.871. The first-order chi connectivity index (χ1) is 10.0. The third-order valence-corrected chi connectivity index (χ3v) is 4.00. The number of alkyl halides is 1. The van der Waals surface area contributed by atoms with Crippen LogP contribution in [-0.2, 0) is 4.74 Å². The maximum Gasteiger partial charge on any atom is 0.151 e. The van der Waals surface area contributed by atoms with E-state index in [-0.39, 0.29) is 6.54 Å². The van der Waals surface area contributed by atoms with Crippen LogP contribution in [0, 0.1) is 17.7 Å². The zero-order valence-corrected chi connectivity index (χ0v) is 11.7. The standard InChI is InChI=1S/C13H16FN5O2/c1-6-3-8(19-11(6)13(15)16-5-17-19)12-7(2)10(14)9(21-12)4-18-20/h3,5,7,9-10,12H,4H2,1-2H3,(H2,15,16,17)/t7-,9+,10-,12+/m0/s1. The van der Waals surface area contributed by atoms with Crippen LogP contribution in [-0.4, -0.2) is 33.4 Å². The van der Waals surface area contributed by atoms with E-state index in [0.717, 1.165) is 5.56 Å². The van der Waals surface area contributed by atoms with Gasteiger partial charge in [-0.3, -0.25) is 0 Å². The Kier molecular flexibility index (Phi) is 3.32. The smallest absolute Gasteiger partial charge is 0.151 e. The monoisotopic (exact) mass is 293 g/mol. The number of nitrogens with zero attached hydrogens (tertiary/aromatic N) is 4. The Morgan fingerprint density at radius 2 is 2.33 bits per heavy atom. The van der Waals surface area contributed by atoms with Gasteiger partial charge in [0, 0.05) is 5.92 Å². The van der Waals surface area contributed by atoms with Crippen LogP contribution in [0.3, 0.4) is 0 Å². The van der Waals surface area contributed by atoms with Crippen molar-refractivity contribution >= 4 is 11.3 Å². The van der Waals surface area contributed by atoms with Crippen molar-refractivity contribution in [3.8, 4) is 0 Å². The summed E-state index contributed by atoms with van der Waals surface area (Å²) in [5, 5.41) is 6.92. The molecule has 2 aromatic heterocycles. The Labute approximate surface area is 120 Å². The van der Waals surface area contributed by atoms with Gasteiger partial charge in [0.15, 0.2) is 5.82 Å². The lowest BCUT2D eigenvalue weighted by Gasteiger charge is -2.14. The van der Waals surface area contributed by atoms with E-state index in [2.05, 4.69) is 15.3 Å². The summed E-state index contributed by atoms with van der Waals surface area (Å²) < 4.78 is 21.5. The van der Waals surface area contributed by atoms with E-state index in [1.54, 1.807) is 11.4 Å². The number of anilines is 1. The number of nitroso groups, excluding NO2 is 1. The molecule has 3 rings (SSSR count). The molecule has 0 aromatic carbocycles. The van der Waals surface area contributed by atoms with Crippen molar-refractivity contribution in [2.45, 2.75) is 32.2 Å². The number of nitrogens with two attached hydrogens (primary N) is 1. The van der Waals surface area contributed by atoms with Crippen molar-refractivity contribution in [1.29, 1.82) is 0 Å². The van der Waals surface area contributed by atoms with Crippen molar-refractivity contribution in [3.63, 3.8) is 0 Å². The largest absolute Gasteiger partial charge is 0.382 e. The minimum atomic E-state index is -1.24. The molecule has 1 saturated heterocycles. The third kappa shape index (κ3) is 2.06. The Hall–Kier alpha value is -2.09. The highest BCUT2D eigenvalue weighted by molar-refractivity contribution is 5.70. The minimum Gasteiger partial charge on any atom is -0.382 e. The lowest BCUT2D eigenvalue weighted by Crippen LogP contribution is -2.23. The molecule has 3 heterocycles. The fourth-order valence-electron chi connectivity index (χ4n) is 2.93. The minimum absolute atomic E-state index is 0.193. The van der Waals surface area contributed by atoms with Crippen molar-refractivity contribution < 1.29 is 9.13 Å². The molecule has 21 heavy (non-hydrogen) atoms. The lowest BCUT2D eigenvalue weighted by molar-refractivity contribution is 0.0273. The fourth-order valence-corrected chi connectivity index (χ4v) is 2.93. The molecule has 2 aromatic rings. The first-order valence-electron chi connectivity index (χ1n) is 6.72. The van der Waals surface area contributed by atoms with Crippen LogP contribution in [0.1, 0.15) is 24.3 Å². The fraction of sp³-hybridized carbons (Fsp3) is 0.538. The van der Waals surface area contributed by atoms with Gasteiger partial charge in [0.05, 0.1) is 5.69 Å². The summed E-state index contributed by atoms with van der Waals surface area (Å²) in [5.41, 5.74) is 8.16. The predicted molar refractivity (Wildman–Crippen MR) is 74.5 cm³/mol. The molecular weight excluding hydrogens is 277 g/mol. The van der Waals surface area contributed by atoms with Crippen molar-refractivity contribution in [2.75, 3.05) is 12.3 Å². The van der Waals surface area contributed by atoms with Gasteiger partial charge < -0.3 is 10.5 Å². The van der Waals surface area contributed by atoms with Crippen molar-refractivity contribution in [3.05, 3.63) is 28.6 Å². The number of hydrogen-bond acceptors (Lipinski definition) is 6. The second kappa shape index (κ2) is 5.03. The number of hydrogen-bond donors (Lipinski definition) is 1. The van der Waals surface area contributed by atoms with Crippen molar-refractivity contribution in [2.24, 2.45) is 11.1 Å². The van der Waals surface area contributed by atoms with E-state index < -0.39 is 24.3 Å². The SMILES string of the molecule is Cc1cc([C@@H]2O[C@H](CN=O)[C@@H](F)[C@@H]2C)n2ncnc(N)c12. The first kappa shape index (κ1) is 13.9. The number of fused-ring (bicyclic) bond motifs is 1. The predicted octanol–water partition coefficient (Wildman–Crippen LogP) is 1.80. The van der Waals surface area contributed by atoms with Gasteiger partial charge in [0.1, 0.15) is 36.8 Å². The number of ether oxygens (including phenoxy) is 1. The molecule has 0 aliphatic carbocycles. The van der Waals surface area contributed by atoms with Gasteiger partial charge in [-0.15, -0.1) is 0 Å². The highest BCUT2D eigenvalue weighted by Crippen LogP contribution is 2.41. The molecule has 112 valence electrons. The number of aromatic nitrogens is 3. The molecule has 1 aliphatic rings. The topological polar surface area (TPSA) is 94.9 Å². The van der Waals surface area contributed by atoms with Crippen LogP contribution in [0.4, 0.5) is 10.2 Å². The zero-order chi connectivity index (χ0) is 15.1. The normalized spacial score (nSPS) is 29.1. The molecule has 1 aliphatic heterocycles. The second-order valence-corrected chi connectivity index (χ2v) is 5.37. The summed E-state index contributed by atoms with van der Waals surface area (Å²) in [7, 11) is 0. The van der Waals surface area contributed by atoms with Crippen LogP contribution in [0.2, 0.25) is 0 Å². The number of rotatable bonds is 3. The number of nitrogen functional groups attached to an aromatic ring is 1. The highest BCUT2D eigenvalue weighted by Gasteiger charge is 2.44.